The lowest BCUT2D eigenvalue weighted by atomic mass is 10.1. The van der Waals surface area contributed by atoms with Crippen molar-refractivity contribution in [2.24, 2.45) is 0 Å². The van der Waals surface area contributed by atoms with Crippen LogP contribution in [0.25, 0.3) is 0 Å². The highest BCUT2D eigenvalue weighted by Gasteiger charge is 2.19. The molecule has 1 aromatic heterocycles. The normalized spacial score (nSPS) is 12.2. The van der Waals surface area contributed by atoms with Crippen LogP contribution in [-0.2, 0) is 0 Å². The molecule has 0 aliphatic carbocycles. The fourth-order valence-corrected chi connectivity index (χ4v) is 4.53. The van der Waals surface area contributed by atoms with Gasteiger partial charge in [-0.1, -0.05) is 27.5 Å². The number of hydrogen-bond acceptors (Lipinski definition) is 3. The minimum atomic E-state index is 0.0413. The average molecular weight is 502 g/mol. The Labute approximate surface area is 156 Å². The summed E-state index contributed by atoms with van der Waals surface area (Å²) >= 11 is 14.2. The van der Waals surface area contributed by atoms with Gasteiger partial charge in [0.2, 0.25) is 0 Å². The Bertz CT molecular complexity index is 618. The van der Waals surface area contributed by atoms with E-state index >= 15 is 0 Å². The number of thiophene rings is 1. The summed E-state index contributed by atoms with van der Waals surface area (Å²) in [6.07, 6.45) is 0. The van der Waals surface area contributed by atoms with Gasteiger partial charge in [0.1, 0.15) is 0 Å². The molecule has 2 rings (SSSR count). The number of alkyl halides is 1. The van der Waals surface area contributed by atoms with Crippen LogP contribution in [0.2, 0.25) is 5.02 Å². The van der Waals surface area contributed by atoms with Crippen molar-refractivity contribution >= 4 is 61.5 Å². The van der Waals surface area contributed by atoms with Gasteiger partial charge in [-0.25, -0.2) is 0 Å². The largest absolute Gasteiger partial charge is 0.490 e. The van der Waals surface area contributed by atoms with Gasteiger partial charge in [-0.05, 0) is 65.1 Å². The van der Waals surface area contributed by atoms with Crippen LogP contribution in [0.1, 0.15) is 29.8 Å². The molecule has 0 fully saturated rings. The molecule has 0 saturated carbocycles. The second kappa shape index (κ2) is 8.04. The Hall–Kier alpha value is 0.0200. The van der Waals surface area contributed by atoms with E-state index in [1.165, 1.54) is 8.45 Å². The molecule has 21 heavy (non-hydrogen) atoms. The summed E-state index contributed by atoms with van der Waals surface area (Å²) in [7, 11) is 0. The predicted molar refractivity (Wildman–Crippen MR) is 102 cm³/mol. The first-order valence-corrected chi connectivity index (χ1v) is 9.79. The number of benzene rings is 1. The fraction of sp³-hybridized carbons (Fsp3) is 0.333. The Morgan fingerprint density at radius 2 is 1.81 bits per heavy atom. The van der Waals surface area contributed by atoms with Crippen LogP contribution < -0.4 is 9.47 Å². The van der Waals surface area contributed by atoms with Gasteiger partial charge in [0.25, 0.3) is 0 Å². The smallest absolute Gasteiger partial charge is 0.162 e. The molecule has 0 N–H and O–H groups in total. The molecule has 2 aromatic rings. The van der Waals surface area contributed by atoms with Gasteiger partial charge >= 0.3 is 0 Å². The number of ether oxygens (including phenoxy) is 2. The lowest BCUT2D eigenvalue weighted by molar-refractivity contribution is 0.287. The second-order valence-electron chi connectivity index (χ2n) is 4.23. The highest BCUT2D eigenvalue weighted by Crippen LogP contribution is 2.42. The van der Waals surface area contributed by atoms with Crippen molar-refractivity contribution in [1.82, 2.24) is 0 Å². The van der Waals surface area contributed by atoms with Crippen LogP contribution in [0.4, 0.5) is 0 Å². The lowest BCUT2D eigenvalue weighted by Gasteiger charge is -2.16. The lowest BCUT2D eigenvalue weighted by Crippen LogP contribution is -2.01. The van der Waals surface area contributed by atoms with Gasteiger partial charge in [-0.2, -0.15) is 0 Å². The molecule has 1 heterocycles. The molecule has 1 unspecified atom stereocenters. The van der Waals surface area contributed by atoms with Crippen LogP contribution in [0.3, 0.4) is 0 Å². The van der Waals surface area contributed by atoms with E-state index in [4.69, 9.17) is 21.1 Å². The Kier molecular flexibility index (Phi) is 6.65. The SMILES string of the molecule is CCOc1cc(Cl)c(C(Br)c2csc(I)c2)cc1OCC. The van der Waals surface area contributed by atoms with Gasteiger partial charge < -0.3 is 9.47 Å². The van der Waals surface area contributed by atoms with Crippen molar-refractivity contribution < 1.29 is 9.47 Å². The highest BCUT2D eigenvalue weighted by molar-refractivity contribution is 14.1. The van der Waals surface area contributed by atoms with E-state index in [2.05, 4.69) is 50.0 Å². The molecular formula is C15H15BrClIO2S. The second-order valence-corrected chi connectivity index (χ2v) is 8.36. The third-order valence-corrected chi connectivity index (χ3v) is 5.97. The molecule has 0 radical (unpaired) electrons. The zero-order chi connectivity index (χ0) is 15.4. The zero-order valence-electron chi connectivity index (χ0n) is 11.7. The number of halogens is 3. The van der Waals surface area contributed by atoms with E-state index in [0.29, 0.717) is 24.0 Å². The summed E-state index contributed by atoms with van der Waals surface area (Å²) < 4.78 is 12.5. The molecule has 114 valence electrons. The summed E-state index contributed by atoms with van der Waals surface area (Å²) in [5, 5.41) is 2.80. The van der Waals surface area contributed by atoms with E-state index < -0.39 is 0 Å². The van der Waals surface area contributed by atoms with Gasteiger partial charge in [0.15, 0.2) is 11.5 Å². The Balaban J connectivity index is 2.40. The summed E-state index contributed by atoms with van der Waals surface area (Å²) in [6.45, 7) is 5.07. The maximum atomic E-state index is 6.42. The predicted octanol–water partition coefficient (Wildman–Crippen LogP) is 6.29. The molecule has 6 heteroatoms. The minimum absolute atomic E-state index is 0.0413. The third kappa shape index (κ3) is 4.27. The van der Waals surface area contributed by atoms with Crippen LogP contribution >= 0.6 is 61.5 Å². The molecule has 1 atom stereocenters. The van der Waals surface area contributed by atoms with Gasteiger partial charge in [-0.15, -0.1) is 11.3 Å². The molecule has 1 aromatic carbocycles. The molecule has 0 amide bonds. The quantitative estimate of drug-likeness (QED) is 0.342. The molecule has 0 aliphatic rings. The van der Waals surface area contributed by atoms with E-state index in [1.807, 2.05) is 26.0 Å². The summed E-state index contributed by atoms with van der Waals surface area (Å²) in [5.41, 5.74) is 2.18. The highest BCUT2D eigenvalue weighted by atomic mass is 127. The van der Waals surface area contributed by atoms with E-state index in [9.17, 15) is 0 Å². The molecular weight excluding hydrogens is 486 g/mol. The molecule has 2 nitrogen and oxygen atoms in total. The average Bonchev–Trinajstić information content (AvgIpc) is 2.88. The van der Waals surface area contributed by atoms with Crippen LogP contribution in [-0.4, -0.2) is 13.2 Å². The summed E-state index contributed by atoms with van der Waals surface area (Å²) in [6, 6.07) is 5.94. The van der Waals surface area contributed by atoms with Crippen molar-refractivity contribution in [2.75, 3.05) is 13.2 Å². The fourth-order valence-electron chi connectivity index (χ4n) is 1.92. The molecule has 0 aliphatic heterocycles. The van der Waals surface area contributed by atoms with Crippen molar-refractivity contribution in [3.8, 4) is 11.5 Å². The third-order valence-electron chi connectivity index (χ3n) is 2.82. The van der Waals surface area contributed by atoms with Gasteiger partial charge in [0.05, 0.1) is 20.9 Å². The first kappa shape index (κ1) is 17.4. The van der Waals surface area contributed by atoms with Crippen LogP contribution in [0.15, 0.2) is 23.6 Å². The standard InChI is InChI=1S/C15H15BrClIO2S/c1-3-19-12-6-10(11(17)7-13(12)20-4-2)15(16)9-5-14(18)21-8-9/h5-8,15H,3-4H2,1-2H3. The van der Waals surface area contributed by atoms with Gasteiger partial charge in [-0.3, -0.25) is 0 Å². The van der Waals surface area contributed by atoms with Crippen LogP contribution in [0.5, 0.6) is 11.5 Å². The Morgan fingerprint density at radius 3 is 2.33 bits per heavy atom. The molecule has 0 spiro atoms. The summed E-state index contributed by atoms with van der Waals surface area (Å²) in [4.78, 5) is 0.0413. The van der Waals surface area contributed by atoms with Crippen molar-refractivity contribution in [2.45, 2.75) is 18.7 Å². The minimum Gasteiger partial charge on any atom is -0.490 e. The number of hydrogen-bond donors (Lipinski definition) is 0. The Morgan fingerprint density at radius 1 is 1.19 bits per heavy atom. The first-order valence-electron chi connectivity index (χ1n) is 6.53. The van der Waals surface area contributed by atoms with E-state index in [-0.39, 0.29) is 4.83 Å². The monoisotopic (exact) mass is 500 g/mol. The zero-order valence-corrected chi connectivity index (χ0v) is 17.0. The van der Waals surface area contributed by atoms with Gasteiger partial charge in [0, 0.05) is 11.1 Å². The molecule has 0 bridgehead atoms. The van der Waals surface area contributed by atoms with E-state index in [1.54, 1.807) is 11.3 Å². The maximum absolute atomic E-state index is 6.42. The van der Waals surface area contributed by atoms with Crippen LogP contribution in [0, 0.1) is 2.88 Å². The first-order chi connectivity index (χ1) is 10.1. The molecule has 0 saturated heterocycles. The van der Waals surface area contributed by atoms with Crippen molar-refractivity contribution in [3.05, 3.63) is 42.6 Å². The number of rotatable bonds is 6. The topological polar surface area (TPSA) is 18.5 Å². The van der Waals surface area contributed by atoms with Crippen molar-refractivity contribution in [3.63, 3.8) is 0 Å². The summed E-state index contributed by atoms with van der Waals surface area (Å²) in [5.74, 6) is 1.42. The van der Waals surface area contributed by atoms with Crippen molar-refractivity contribution in [1.29, 1.82) is 0 Å². The maximum Gasteiger partial charge on any atom is 0.162 e. The van der Waals surface area contributed by atoms with E-state index in [0.717, 1.165) is 11.3 Å².